The fourth-order valence-corrected chi connectivity index (χ4v) is 3.34. The summed E-state index contributed by atoms with van der Waals surface area (Å²) in [6.07, 6.45) is 2.09. The normalized spacial score (nSPS) is 17.0. The molecule has 0 bridgehead atoms. The van der Waals surface area contributed by atoms with Crippen molar-refractivity contribution in [3.63, 3.8) is 0 Å². The third kappa shape index (κ3) is 3.72. The Morgan fingerprint density at radius 2 is 1.81 bits per heavy atom. The third-order valence-corrected chi connectivity index (χ3v) is 4.76. The van der Waals surface area contributed by atoms with Gasteiger partial charge in [-0.3, -0.25) is 4.79 Å². The molecule has 3 aromatic rings. The molecule has 1 atom stereocenters. The summed E-state index contributed by atoms with van der Waals surface area (Å²) in [6, 6.07) is 16.8. The number of para-hydroxylation sites is 2. The quantitative estimate of drug-likeness (QED) is 0.615. The van der Waals surface area contributed by atoms with Gasteiger partial charge in [0.2, 0.25) is 5.76 Å². The van der Waals surface area contributed by atoms with Gasteiger partial charge in [0.1, 0.15) is 17.9 Å². The van der Waals surface area contributed by atoms with Crippen molar-refractivity contribution >= 4 is 22.7 Å². The molecule has 138 valence electrons. The first-order valence-electron chi connectivity index (χ1n) is 9.14. The summed E-state index contributed by atoms with van der Waals surface area (Å²) in [5.74, 6) is 0.168. The summed E-state index contributed by atoms with van der Waals surface area (Å²) in [6.45, 7) is 0.171. The molecule has 27 heavy (non-hydrogen) atoms. The van der Waals surface area contributed by atoms with Crippen molar-refractivity contribution in [2.75, 3.05) is 0 Å². The number of hydrogen-bond acceptors (Lipinski definition) is 5. The molecule has 0 radical (unpaired) electrons. The third-order valence-electron chi connectivity index (χ3n) is 4.76. The number of benzene rings is 2. The predicted octanol–water partition coefficient (Wildman–Crippen LogP) is 4.68. The average molecular weight is 364 g/mol. The monoisotopic (exact) mass is 364 g/mol. The van der Waals surface area contributed by atoms with Gasteiger partial charge in [0.05, 0.1) is 5.56 Å². The minimum atomic E-state index is -0.678. The van der Waals surface area contributed by atoms with Crippen LogP contribution in [0.15, 0.2) is 59.0 Å². The van der Waals surface area contributed by atoms with Crippen LogP contribution in [-0.2, 0) is 16.1 Å². The van der Waals surface area contributed by atoms with E-state index in [0.29, 0.717) is 29.7 Å². The first-order valence-corrected chi connectivity index (χ1v) is 9.14. The highest BCUT2D eigenvalue weighted by molar-refractivity contribution is 5.97. The van der Waals surface area contributed by atoms with Crippen LogP contribution in [0, 0.1) is 0 Å². The summed E-state index contributed by atoms with van der Waals surface area (Å²) in [4.78, 5) is 24.7. The van der Waals surface area contributed by atoms with E-state index in [1.54, 1.807) is 6.07 Å². The van der Waals surface area contributed by atoms with Crippen molar-refractivity contribution in [1.29, 1.82) is 0 Å². The van der Waals surface area contributed by atoms with Crippen molar-refractivity contribution in [3.8, 4) is 5.75 Å². The average Bonchev–Trinajstić information content (AvgIpc) is 3.08. The number of hydrogen-bond donors (Lipinski definition) is 0. The lowest BCUT2D eigenvalue weighted by Crippen LogP contribution is -2.30. The molecule has 1 heterocycles. The van der Waals surface area contributed by atoms with Gasteiger partial charge in [-0.15, -0.1) is 0 Å². The zero-order chi connectivity index (χ0) is 18.6. The molecule has 1 saturated carbocycles. The Morgan fingerprint density at radius 1 is 1.04 bits per heavy atom. The molecule has 0 spiro atoms. The Balaban J connectivity index is 1.61. The molecule has 5 nitrogen and oxygen atoms in total. The second kappa shape index (κ2) is 7.66. The van der Waals surface area contributed by atoms with Crippen LogP contribution in [0.25, 0.3) is 11.0 Å². The highest BCUT2D eigenvalue weighted by Crippen LogP contribution is 2.29. The van der Waals surface area contributed by atoms with Gasteiger partial charge in [-0.1, -0.05) is 36.4 Å². The van der Waals surface area contributed by atoms with Gasteiger partial charge >= 0.3 is 5.97 Å². The number of ether oxygens (including phenoxy) is 2. The lowest BCUT2D eigenvalue weighted by molar-refractivity contribution is -0.130. The molecule has 0 aliphatic heterocycles. The van der Waals surface area contributed by atoms with Gasteiger partial charge in [0.15, 0.2) is 11.9 Å². The molecule has 0 amide bonds. The number of carbonyl (C=O) groups excluding carboxylic acids is 2. The lowest BCUT2D eigenvalue weighted by Gasteiger charge is -2.20. The summed E-state index contributed by atoms with van der Waals surface area (Å²) in [5, 5.41) is 0.801. The molecule has 0 N–H and O–H groups in total. The molecule has 1 aliphatic rings. The molecule has 2 aromatic carbocycles. The standard InChI is InChI=1S/C22H20O5/c23-18-11-5-7-13-20(18)27-22(24)21-17(14-25-15-8-2-1-3-9-15)16-10-4-6-12-19(16)26-21/h1-4,6,8-10,12,20H,5,7,11,13-14H2/t20-/m1/s1. The fourth-order valence-electron chi connectivity index (χ4n) is 3.34. The van der Waals surface area contributed by atoms with E-state index in [0.717, 1.165) is 18.2 Å². The SMILES string of the molecule is O=C(O[C@@H]1CCCCC1=O)c1oc2ccccc2c1COc1ccccc1. The molecule has 1 fully saturated rings. The van der Waals surface area contributed by atoms with Crippen LogP contribution in [0.4, 0.5) is 0 Å². The Bertz CT molecular complexity index is 957. The Hall–Kier alpha value is -3.08. The summed E-state index contributed by atoms with van der Waals surface area (Å²) in [7, 11) is 0. The second-order valence-corrected chi connectivity index (χ2v) is 6.61. The van der Waals surface area contributed by atoms with Crippen LogP contribution in [0.5, 0.6) is 5.75 Å². The maximum atomic E-state index is 12.7. The van der Waals surface area contributed by atoms with Crippen molar-refractivity contribution in [2.45, 2.75) is 38.4 Å². The van der Waals surface area contributed by atoms with E-state index >= 15 is 0 Å². The van der Waals surface area contributed by atoms with Gasteiger partial charge in [0, 0.05) is 11.8 Å². The Labute approximate surface area is 156 Å². The zero-order valence-corrected chi connectivity index (χ0v) is 14.9. The van der Waals surface area contributed by atoms with Gasteiger partial charge in [-0.05, 0) is 37.5 Å². The number of fused-ring (bicyclic) bond motifs is 1. The van der Waals surface area contributed by atoms with Gasteiger partial charge in [-0.2, -0.15) is 0 Å². The molecule has 5 heteroatoms. The van der Waals surface area contributed by atoms with Crippen molar-refractivity contribution in [2.24, 2.45) is 0 Å². The van der Waals surface area contributed by atoms with Crippen LogP contribution in [-0.4, -0.2) is 17.9 Å². The number of furan rings is 1. The minimum absolute atomic E-state index is 0.0206. The summed E-state index contributed by atoms with van der Waals surface area (Å²) < 4.78 is 17.1. The molecular formula is C22H20O5. The van der Waals surface area contributed by atoms with E-state index in [2.05, 4.69) is 0 Å². The van der Waals surface area contributed by atoms with Gasteiger partial charge in [0.25, 0.3) is 0 Å². The van der Waals surface area contributed by atoms with Crippen molar-refractivity contribution in [3.05, 3.63) is 65.9 Å². The number of esters is 1. The Morgan fingerprint density at radius 3 is 2.63 bits per heavy atom. The number of Topliss-reactive ketones (excluding diaryl/α,β-unsaturated/α-hetero) is 1. The molecular weight excluding hydrogens is 344 g/mol. The predicted molar refractivity (Wildman–Crippen MR) is 99.7 cm³/mol. The van der Waals surface area contributed by atoms with Crippen LogP contribution in [0.3, 0.4) is 0 Å². The van der Waals surface area contributed by atoms with E-state index in [1.165, 1.54) is 0 Å². The van der Waals surface area contributed by atoms with Crippen LogP contribution in [0.2, 0.25) is 0 Å². The molecule has 0 unspecified atom stereocenters. The molecule has 4 rings (SSSR count). The first-order chi connectivity index (χ1) is 13.2. The van der Waals surface area contributed by atoms with Crippen molar-refractivity contribution in [1.82, 2.24) is 0 Å². The van der Waals surface area contributed by atoms with Gasteiger partial charge in [-0.25, -0.2) is 4.79 Å². The second-order valence-electron chi connectivity index (χ2n) is 6.61. The summed E-state index contributed by atoms with van der Waals surface area (Å²) in [5.41, 5.74) is 1.22. The highest BCUT2D eigenvalue weighted by atomic mass is 16.6. The van der Waals surface area contributed by atoms with E-state index < -0.39 is 12.1 Å². The topological polar surface area (TPSA) is 65.7 Å². The van der Waals surface area contributed by atoms with Gasteiger partial charge < -0.3 is 13.9 Å². The Kier molecular flexibility index (Phi) is 4.92. The van der Waals surface area contributed by atoms with Crippen LogP contribution in [0.1, 0.15) is 41.8 Å². The van der Waals surface area contributed by atoms with E-state index in [-0.39, 0.29) is 18.2 Å². The zero-order valence-electron chi connectivity index (χ0n) is 14.9. The maximum absolute atomic E-state index is 12.7. The minimum Gasteiger partial charge on any atom is -0.489 e. The molecule has 1 aromatic heterocycles. The number of rotatable bonds is 5. The van der Waals surface area contributed by atoms with E-state index in [1.807, 2.05) is 48.5 Å². The number of ketones is 1. The van der Waals surface area contributed by atoms with Crippen LogP contribution < -0.4 is 4.74 Å². The molecule has 1 aliphatic carbocycles. The largest absolute Gasteiger partial charge is 0.489 e. The fraction of sp³-hybridized carbons (Fsp3) is 0.273. The van der Waals surface area contributed by atoms with E-state index in [9.17, 15) is 9.59 Å². The molecule has 0 saturated heterocycles. The maximum Gasteiger partial charge on any atom is 0.375 e. The van der Waals surface area contributed by atoms with Crippen molar-refractivity contribution < 1.29 is 23.5 Å². The highest BCUT2D eigenvalue weighted by Gasteiger charge is 2.29. The number of carbonyl (C=O) groups is 2. The summed E-state index contributed by atoms with van der Waals surface area (Å²) >= 11 is 0. The van der Waals surface area contributed by atoms with E-state index in [4.69, 9.17) is 13.9 Å². The smallest absolute Gasteiger partial charge is 0.375 e. The van der Waals surface area contributed by atoms with Crippen LogP contribution >= 0.6 is 0 Å². The lowest BCUT2D eigenvalue weighted by atomic mass is 9.96. The first kappa shape index (κ1) is 17.3.